The molecule has 3 aromatic rings. The Morgan fingerprint density at radius 2 is 1.40 bits per heavy atom. The fourth-order valence-corrected chi connectivity index (χ4v) is 2.42. The minimum Gasteiger partial charge on any atom is -0.256 e. The summed E-state index contributed by atoms with van der Waals surface area (Å²) in [5.74, 6) is 0. The quantitative estimate of drug-likeness (QED) is 0.628. The Balaban J connectivity index is 2.12. The predicted octanol–water partition coefficient (Wildman–Crippen LogP) is 5.03. The summed E-state index contributed by atoms with van der Waals surface area (Å²) in [7, 11) is 0. The summed E-state index contributed by atoms with van der Waals surface area (Å²) in [6.45, 7) is 4.23. The zero-order valence-corrected chi connectivity index (χ0v) is 11.8. The number of aromatic nitrogens is 1. The van der Waals surface area contributed by atoms with Crippen molar-refractivity contribution in [1.82, 2.24) is 4.98 Å². The molecular weight excluding hydrogens is 242 g/mol. The number of pyridine rings is 1. The van der Waals surface area contributed by atoms with E-state index in [0.29, 0.717) is 0 Å². The van der Waals surface area contributed by atoms with Crippen molar-refractivity contribution in [3.63, 3.8) is 0 Å². The molecule has 0 bridgehead atoms. The van der Waals surface area contributed by atoms with Gasteiger partial charge < -0.3 is 0 Å². The molecule has 0 atom stereocenters. The molecule has 0 spiro atoms. The van der Waals surface area contributed by atoms with Crippen molar-refractivity contribution in [3.05, 3.63) is 78.0 Å². The molecule has 1 nitrogen and oxygen atoms in total. The van der Waals surface area contributed by atoms with Crippen LogP contribution in [0.4, 0.5) is 0 Å². The molecule has 1 heterocycles. The third kappa shape index (κ3) is 2.62. The number of benzene rings is 2. The maximum absolute atomic E-state index is 4.49. The molecule has 0 aliphatic heterocycles. The minimum atomic E-state index is 1.03. The van der Waals surface area contributed by atoms with E-state index in [4.69, 9.17) is 0 Å². The average molecular weight is 259 g/mol. The summed E-state index contributed by atoms with van der Waals surface area (Å²) in [6.07, 6.45) is 1.87. The van der Waals surface area contributed by atoms with Gasteiger partial charge in [-0.25, -0.2) is 0 Å². The maximum atomic E-state index is 4.49. The summed E-state index contributed by atoms with van der Waals surface area (Å²) < 4.78 is 0. The first-order chi connectivity index (χ1) is 9.72. The Bertz CT molecular complexity index is 730. The molecule has 0 unspecified atom stereocenters. The van der Waals surface area contributed by atoms with Gasteiger partial charge in [0.1, 0.15) is 0 Å². The van der Waals surface area contributed by atoms with Crippen LogP contribution in [0.15, 0.2) is 66.9 Å². The first kappa shape index (κ1) is 12.6. The second kappa shape index (κ2) is 5.30. The van der Waals surface area contributed by atoms with Crippen LogP contribution >= 0.6 is 0 Å². The second-order valence-corrected chi connectivity index (χ2v) is 5.17. The van der Waals surface area contributed by atoms with Gasteiger partial charge in [-0.2, -0.15) is 0 Å². The lowest BCUT2D eigenvalue weighted by Gasteiger charge is -2.08. The van der Waals surface area contributed by atoms with Crippen LogP contribution in [-0.2, 0) is 0 Å². The van der Waals surface area contributed by atoms with E-state index in [1.165, 1.54) is 27.8 Å². The Kier molecular flexibility index (Phi) is 3.34. The number of aryl methyl sites for hydroxylation is 2. The lowest BCUT2D eigenvalue weighted by Crippen LogP contribution is -1.87. The Morgan fingerprint density at radius 3 is 2.15 bits per heavy atom. The third-order valence-electron chi connectivity index (χ3n) is 3.40. The van der Waals surface area contributed by atoms with Gasteiger partial charge in [-0.3, -0.25) is 4.98 Å². The number of nitrogens with zero attached hydrogens (tertiary/aromatic N) is 1. The van der Waals surface area contributed by atoms with Crippen molar-refractivity contribution < 1.29 is 0 Å². The molecule has 0 radical (unpaired) electrons. The van der Waals surface area contributed by atoms with Gasteiger partial charge in [0.15, 0.2) is 0 Å². The lowest BCUT2D eigenvalue weighted by molar-refractivity contribution is 1.28. The zero-order chi connectivity index (χ0) is 13.9. The van der Waals surface area contributed by atoms with Gasteiger partial charge in [0, 0.05) is 11.8 Å². The molecule has 20 heavy (non-hydrogen) atoms. The highest BCUT2D eigenvalue weighted by Crippen LogP contribution is 2.27. The van der Waals surface area contributed by atoms with E-state index in [1.807, 2.05) is 18.3 Å². The fraction of sp³-hybridized carbons (Fsp3) is 0.105. The smallest absolute Gasteiger partial charge is 0.0704 e. The second-order valence-electron chi connectivity index (χ2n) is 5.17. The van der Waals surface area contributed by atoms with Crippen LogP contribution in [0.3, 0.4) is 0 Å². The maximum Gasteiger partial charge on any atom is 0.0704 e. The molecule has 1 heteroatoms. The highest BCUT2D eigenvalue weighted by Gasteiger charge is 2.04. The Labute approximate surface area is 119 Å². The first-order valence-corrected chi connectivity index (χ1v) is 6.82. The number of hydrogen-bond donors (Lipinski definition) is 0. The van der Waals surface area contributed by atoms with E-state index in [9.17, 15) is 0 Å². The molecule has 0 N–H and O–H groups in total. The molecule has 1 aromatic heterocycles. The minimum absolute atomic E-state index is 1.03. The largest absolute Gasteiger partial charge is 0.256 e. The monoisotopic (exact) mass is 259 g/mol. The van der Waals surface area contributed by atoms with Crippen molar-refractivity contribution in [1.29, 1.82) is 0 Å². The predicted molar refractivity (Wildman–Crippen MR) is 84.6 cm³/mol. The van der Waals surface area contributed by atoms with Gasteiger partial charge in [-0.05, 0) is 60.4 Å². The third-order valence-corrected chi connectivity index (χ3v) is 3.40. The van der Waals surface area contributed by atoms with Gasteiger partial charge in [0.05, 0.1) is 5.69 Å². The van der Waals surface area contributed by atoms with Crippen molar-refractivity contribution in [2.24, 2.45) is 0 Å². The molecule has 0 aliphatic rings. The molecule has 2 aromatic carbocycles. The summed E-state index contributed by atoms with van der Waals surface area (Å²) in [5.41, 5.74) is 7.18. The van der Waals surface area contributed by atoms with Crippen LogP contribution in [0.5, 0.6) is 0 Å². The standard InChI is InChI=1S/C19H17N/c1-14-8-9-20-19(12-14)18-11-15(2)10-17(13-18)16-6-4-3-5-7-16/h3-13H,1-2H3. The SMILES string of the molecule is Cc1cc(-c2ccccc2)cc(-c2cc(C)ccn2)c1. The van der Waals surface area contributed by atoms with Gasteiger partial charge in [-0.15, -0.1) is 0 Å². The van der Waals surface area contributed by atoms with E-state index in [1.54, 1.807) is 0 Å². The summed E-state index contributed by atoms with van der Waals surface area (Å²) in [6, 6.07) is 21.2. The summed E-state index contributed by atoms with van der Waals surface area (Å²) >= 11 is 0. The Morgan fingerprint density at radius 1 is 0.650 bits per heavy atom. The van der Waals surface area contributed by atoms with E-state index < -0.39 is 0 Å². The van der Waals surface area contributed by atoms with Crippen LogP contribution in [0, 0.1) is 13.8 Å². The highest BCUT2D eigenvalue weighted by molar-refractivity contribution is 5.72. The van der Waals surface area contributed by atoms with Crippen LogP contribution in [0.2, 0.25) is 0 Å². The lowest BCUT2D eigenvalue weighted by atomic mass is 9.98. The molecule has 98 valence electrons. The molecule has 0 aliphatic carbocycles. The topological polar surface area (TPSA) is 12.9 Å². The molecule has 3 rings (SSSR count). The average Bonchev–Trinajstić information content (AvgIpc) is 2.47. The van der Waals surface area contributed by atoms with Crippen LogP contribution in [0.1, 0.15) is 11.1 Å². The fourth-order valence-electron chi connectivity index (χ4n) is 2.42. The van der Waals surface area contributed by atoms with Crippen LogP contribution in [0.25, 0.3) is 22.4 Å². The van der Waals surface area contributed by atoms with E-state index in [2.05, 4.69) is 67.4 Å². The van der Waals surface area contributed by atoms with Crippen molar-refractivity contribution in [3.8, 4) is 22.4 Å². The van der Waals surface area contributed by atoms with Gasteiger partial charge >= 0.3 is 0 Å². The van der Waals surface area contributed by atoms with Crippen LogP contribution in [-0.4, -0.2) is 4.98 Å². The molecule has 0 saturated carbocycles. The van der Waals surface area contributed by atoms with E-state index >= 15 is 0 Å². The summed E-state index contributed by atoms with van der Waals surface area (Å²) in [5, 5.41) is 0. The first-order valence-electron chi connectivity index (χ1n) is 6.82. The van der Waals surface area contributed by atoms with Crippen LogP contribution < -0.4 is 0 Å². The Hall–Kier alpha value is -2.41. The zero-order valence-electron chi connectivity index (χ0n) is 11.8. The van der Waals surface area contributed by atoms with Crippen molar-refractivity contribution in [2.75, 3.05) is 0 Å². The number of rotatable bonds is 2. The van der Waals surface area contributed by atoms with Crippen molar-refractivity contribution >= 4 is 0 Å². The number of hydrogen-bond acceptors (Lipinski definition) is 1. The molecular formula is C19H17N. The van der Waals surface area contributed by atoms with Gasteiger partial charge in [0.2, 0.25) is 0 Å². The molecule has 0 saturated heterocycles. The highest BCUT2D eigenvalue weighted by atomic mass is 14.7. The van der Waals surface area contributed by atoms with Crippen molar-refractivity contribution in [2.45, 2.75) is 13.8 Å². The van der Waals surface area contributed by atoms with Gasteiger partial charge in [0.25, 0.3) is 0 Å². The normalized spacial score (nSPS) is 10.5. The molecule has 0 fully saturated rings. The van der Waals surface area contributed by atoms with E-state index in [-0.39, 0.29) is 0 Å². The molecule has 0 amide bonds. The van der Waals surface area contributed by atoms with E-state index in [0.717, 1.165) is 5.69 Å². The van der Waals surface area contributed by atoms with Gasteiger partial charge in [-0.1, -0.05) is 36.4 Å². The summed E-state index contributed by atoms with van der Waals surface area (Å²) in [4.78, 5) is 4.49.